The Hall–Kier alpha value is 0.300. The molecule has 0 amide bonds. The maximum atomic E-state index is 5.59. The molecule has 44 valence electrons. The SMILES string of the molecule is NSc1ccc(Cl)s1. The summed E-state index contributed by atoms with van der Waals surface area (Å²) in [5, 5.41) is 5.23. The van der Waals surface area contributed by atoms with E-state index in [1.54, 1.807) is 0 Å². The zero-order valence-corrected chi connectivity index (χ0v) is 6.32. The van der Waals surface area contributed by atoms with Crippen LogP contribution in [0, 0.1) is 0 Å². The van der Waals surface area contributed by atoms with Crippen molar-refractivity contribution >= 4 is 34.9 Å². The predicted octanol–water partition coefficient (Wildman–Crippen LogP) is 2.37. The van der Waals surface area contributed by atoms with Crippen molar-refractivity contribution in [1.82, 2.24) is 0 Å². The average Bonchev–Trinajstić information content (AvgIpc) is 2.14. The van der Waals surface area contributed by atoms with E-state index in [1.807, 2.05) is 12.1 Å². The average molecular weight is 166 g/mol. The van der Waals surface area contributed by atoms with Gasteiger partial charge in [-0.2, -0.15) is 0 Å². The highest BCUT2D eigenvalue weighted by Crippen LogP contribution is 2.26. The Labute approximate surface area is 61.0 Å². The van der Waals surface area contributed by atoms with E-state index < -0.39 is 0 Å². The van der Waals surface area contributed by atoms with Crippen LogP contribution in [0.3, 0.4) is 0 Å². The molecule has 0 spiro atoms. The molecule has 0 fully saturated rings. The highest BCUT2D eigenvalue weighted by Gasteiger charge is 1.92. The van der Waals surface area contributed by atoms with Crippen molar-refractivity contribution in [3.05, 3.63) is 16.5 Å². The Morgan fingerprint density at radius 1 is 1.62 bits per heavy atom. The maximum Gasteiger partial charge on any atom is 0.0940 e. The first-order valence-electron chi connectivity index (χ1n) is 1.95. The molecule has 0 aliphatic carbocycles. The van der Waals surface area contributed by atoms with Crippen LogP contribution in [0.15, 0.2) is 16.3 Å². The molecule has 0 aliphatic rings. The fourth-order valence-corrected chi connectivity index (χ4v) is 1.88. The van der Waals surface area contributed by atoms with Gasteiger partial charge in [0.1, 0.15) is 0 Å². The van der Waals surface area contributed by atoms with Gasteiger partial charge in [-0.1, -0.05) is 11.6 Å². The summed E-state index contributed by atoms with van der Waals surface area (Å²) in [5.74, 6) is 0. The van der Waals surface area contributed by atoms with Crippen molar-refractivity contribution in [1.29, 1.82) is 0 Å². The van der Waals surface area contributed by atoms with Gasteiger partial charge in [0.05, 0.1) is 8.55 Å². The van der Waals surface area contributed by atoms with Crippen molar-refractivity contribution < 1.29 is 0 Å². The quantitative estimate of drug-likeness (QED) is 0.647. The smallest absolute Gasteiger partial charge is 0.0940 e. The van der Waals surface area contributed by atoms with Crippen LogP contribution >= 0.6 is 34.9 Å². The molecule has 1 rings (SSSR count). The molecule has 8 heavy (non-hydrogen) atoms. The number of hydrogen-bond donors (Lipinski definition) is 1. The minimum Gasteiger partial charge on any atom is -0.273 e. The minimum atomic E-state index is 0.790. The van der Waals surface area contributed by atoms with Gasteiger partial charge in [0.25, 0.3) is 0 Å². The van der Waals surface area contributed by atoms with Crippen LogP contribution in [0.25, 0.3) is 0 Å². The van der Waals surface area contributed by atoms with Gasteiger partial charge in [0, 0.05) is 0 Å². The molecule has 0 aromatic carbocycles. The van der Waals surface area contributed by atoms with Crippen LogP contribution in [0.2, 0.25) is 4.34 Å². The zero-order valence-electron chi connectivity index (χ0n) is 3.93. The molecule has 0 saturated carbocycles. The summed E-state index contributed by atoms with van der Waals surface area (Å²) in [7, 11) is 0. The monoisotopic (exact) mass is 165 g/mol. The van der Waals surface area contributed by atoms with E-state index in [0.717, 1.165) is 8.55 Å². The van der Waals surface area contributed by atoms with Gasteiger partial charge in [-0.25, -0.2) is 0 Å². The Balaban J connectivity index is 2.84. The molecule has 1 aromatic heterocycles. The molecule has 2 N–H and O–H groups in total. The fraction of sp³-hybridized carbons (Fsp3) is 0. The van der Waals surface area contributed by atoms with E-state index in [4.69, 9.17) is 16.7 Å². The molecule has 0 radical (unpaired) electrons. The third-order valence-corrected chi connectivity index (χ3v) is 2.60. The predicted molar refractivity (Wildman–Crippen MR) is 39.4 cm³/mol. The summed E-state index contributed by atoms with van der Waals surface area (Å²) in [5.41, 5.74) is 0. The molecule has 0 unspecified atom stereocenters. The minimum absolute atomic E-state index is 0.790. The van der Waals surface area contributed by atoms with Gasteiger partial charge in [-0.15, -0.1) is 11.3 Å². The molecule has 0 saturated heterocycles. The summed E-state index contributed by atoms with van der Waals surface area (Å²) in [6.07, 6.45) is 0. The standard InChI is InChI=1S/C4H4ClNS2/c5-3-1-2-4(7-3)8-6/h1-2H,6H2. The summed E-state index contributed by atoms with van der Waals surface area (Å²) in [6, 6.07) is 3.74. The van der Waals surface area contributed by atoms with Gasteiger partial charge in [-0.05, 0) is 24.1 Å². The first kappa shape index (κ1) is 6.42. The lowest BCUT2D eigenvalue weighted by Crippen LogP contribution is -1.70. The molecule has 1 aromatic rings. The van der Waals surface area contributed by atoms with Gasteiger partial charge >= 0.3 is 0 Å². The van der Waals surface area contributed by atoms with Crippen LogP contribution in [0.4, 0.5) is 0 Å². The van der Waals surface area contributed by atoms with E-state index in [1.165, 1.54) is 23.3 Å². The molecular formula is C4H4ClNS2. The van der Waals surface area contributed by atoms with Crippen LogP contribution in [-0.4, -0.2) is 0 Å². The van der Waals surface area contributed by atoms with Gasteiger partial charge in [-0.3, -0.25) is 5.14 Å². The molecule has 4 heteroatoms. The van der Waals surface area contributed by atoms with E-state index in [0.29, 0.717) is 0 Å². The number of rotatable bonds is 1. The normalized spacial score (nSPS) is 9.75. The molecule has 1 heterocycles. The van der Waals surface area contributed by atoms with Crippen LogP contribution in [0.1, 0.15) is 0 Å². The van der Waals surface area contributed by atoms with Gasteiger partial charge < -0.3 is 0 Å². The third kappa shape index (κ3) is 1.39. The summed E-state index contributed by atoms with van der Waals surface area (Å²) in [4.78, 5) is 0. The van der Waals surface area contributed by atoms with E-state index in [2.05, 4.69) is 0 Å². The maximum absolute atomic E-state index is 5.59. The van der Waals surface area contributed by atoms with Crippen LogP contribution in [0.5, 0.6) is 0 Å². The Bertz CT molecular complexity index is 174. The Kier molecular flexibility index (Phi) is 2.19. The lowest BCUT2D eigenvalue weighted by atomic mass is 10.7. The number of thiophene rings is 1. The lowest BCUT2D eigenvalue weighted by molar-refractivity contribution is 1.72. The zero-order chi connectivity index (χ0) is 5.98. The lowest BCUT2D eigenvalue weighted by Gasteiger charge is -1.79. The highest BCUT2D eigenvalue weighted by molar-refractivity contribution is 7.99. The van der Waals surface area contributed by atoms with Gasteiger partial charge in [0.15, 0.2) is 0 Å². The Morgan fingerprint density at radius 3 is 2.62 bits per heavy atom. The first-order valence-corrected chi connectivity index (χ1v) is 4.02. The van der Waals surface area contributed by atoms with Crippen molar-refractivity contribution in [3.63, 3.8) is 0 Å². The topological polar surface area (TPSA) is 26.0 Å². The van der Waals surface area contributed by atoms with E-state index >= 15 is 0 Å². The van der Waals surface area contributed by atoms with E-state index in [-0.39, 0.29) is 0 Å². The summed E-state index contributed by atoms with van der Waals surface area (Å²) >= 11 is 8.30. The summed E-state index contributed by atoms with van der Waals surface area (Å²) in [6.45, 7) is 0. The second kappa shape index (κ2) is 2.73. The second-order valence-corrected chi connectivity index (χ2v) is 3.83. The van der Waals surface area contributed by atoms with E-state index in [9.17, 15) is 0 Å². The molecule has 1 nitrogen and oxygen atoms in total. The fourth-order valence-electron chi connectivity index (χ4n) is 0.361. The number of halogens is 1. The second-order valence-electron chi connectivity index (χ2n) is 1.18. The van der Waals surface area contributed by atoms with Crippen LogP contribution < -0.4 is 5.14 Å². The number of hydrogen-bond acceptors (Lipinski definition) is 3. The van der Waals surface area contributed by atoms with Crippen molar-refractivity contribution in [2.45, 2.75) is 4.21 Å². The summed E-state index contributed by atoms with van der Waals surface area (Å²) < 4.78 is 1.84. The van der Waals surface area contributed by atoms with Gasteiger partial charge in [0.2, 0.25) is 0 Å². The molecule has 0 aliphatic heterocycles. The van der Waals surface area contributed by atoms with Crippen LogP contribution in [-0.2, 0) is 0 Å². The first-order chi connectivity index (χ1) is 3.83. The Morgan fingerprint density at radius 2 is 2.38 bits per heavy atom. The largest absolute Gasteiger partial charge is 0.273 e. The number of nitrogens with two attached hydrogens (primary N) is 1. The highest BCUT2D eigenvalue weighted by atomic mass is 35.5. The third-order valence-electron chi connectivity index (χ3n) is 0.665. The molecule has 0 bridgehead atoms. The molecule has 0 atom stereocenters. The van der Waals surface area contributed by atoms with Crippen molar-refractivity contribution in [3.8, 4) is 0 Å². The van der Waals surface area contributed by atoms with Crippen molar-refractivity contribution in [2.24, 2.45) is 5.14 Å². The molecular weight excluding hydrogens is 162 g/mol. The van der Waals surface area contributed by atoms with Crippen molar-refractivity contribution in [2.75, 3.05) is 0 Å².